The maximum atomic E-state index is 14.2. The van der Waals surface area contributed by atoms with E-state index in [-0.39, 0.29) is 44.9 Å². The summed E-state index contributed by atoms with van der Waals surface area (Å²) in [6.07, 6.45) is 11.1. The molecule has 6 aromatic carbocycles. The van der Waals surface area contributed by atoms with Crippen LogP contribution in [-0.4, -0.2) is 24.9 Å². The van der Waals surface area contributed by atoms with Gasteiger partial charge in [-0.2, -0.15) is 36.4 Å². The van der Waals surface area contributed by atoms with Crippen LogP contribution in [0.4, 0.5) is 28.9 Å². The second-order valence-electron chi connectivity index (χ2n) is 14.5. The summed E-state index contributed by atoms with van der Waals surface area (Å²) in [5.74, 6) is -3.01. The van der Waals surface area contributed by atoms with E-state index in [1.165, 1.54) is 34.8 Å². The molecule has 0 saturated heterocycles. The fourth-order valence-electron chi connectivity index (χ4n) is 7.24. The molecule has 0 N–H and O–H groups in total. The van der Waals surface area contributed by atoms with Crippen molar-refractivity contribution in [2.45, 2.75) is 64.2 Å². The van der Waals surface area contributed by atoms with Crippen molar-refractivity contribution in [3.63, 3.8) is 0 Å². The van der Waals surface area contributed by atoms with E-state index in [2.05, 4.69) is 0 Å². The first-order valence-electron chi connectivity index (χ1n) is 20.1. The van der Waals surface area contributed by atoms with Gasteiger partial charge in [0, 0.05) is 47.5 Å². The standard InChI is InChI=1S/2C20H20F2NO.2C5H5.Ti/c2*21-17-11-12-19(18(22)13-17)23(14-15-7-3-1-4-8-15)20(24)16-9-5-2-6-10-16;2*1-2-4-5-3-1;/h2*2,5-6,9-12,15H,1,3-4,7-8,14H2;2*1-5H;/q4*-1;+4. The first kappa shape index (κ1) is 46.6. The minimum Gasteiger partial charge on any atom is -0.359 e. The molecule has 2 aliphatic rings. The van der Waals surface area contributed by atoms with Crippen LogP contribution >= 0.6 is 0 Å². The Morgan fingerprint density at radius 2 is 0.831 bits per heavy atom. The Morgan fingerprint density at radius 1 is 0.492 bits per heavy atom. The van der Waals surface area contributed by atoms with Gasteiger partial charge in [0.05, 0.1) is 0 Å². The molecule has 2 fully saturated rings. The molecule has 0 radical (unpaired) electrons. The summed E-state index contributed by atoms with van der Waals surface area (Å²) in [6.45, 7) is 0.897. The average Bonchev–Trinajstić information content (AvgIpc) is 4.05. The molecule has 0 heterocycles. The van der Waals surface area contributed by atoms with Crippen molar-refractivity contribution in [3.05, 3.63) is 192 Å². The van der Waals surface area contributed by atoms with Gasteiger partial charge in [-0.05, 0) is 73.2 Å². The zero-order chi connectivity index (χ0) is 41.0. The number of hydrogen-bond donors (Lipinski definition) is 0. The second-order valence-corrected chi connectivity index (χ2v) is 14.5. The van der Waals surface area contributed by atoms with Crippen molar-refractivity contribution in [2.75, 3.05) is 22.9 Å². The van der Waals surface area contributed by atoms with Crippen LogP contribution in [-0.2, 0) is 21.7 Å². The van der Waals surface area contributed by atoms with Crippen LogP contribution < -0.4 is 9.80 Å². The topological polar surface area (TPSA) is 40.6 Å². The van der Waals surface area contributed by atoms with E-state index < -0.39 is 23.3 Å². The molecule has 0 aromatic heterocycles. The summed E-state index contributed by atoms with van der Waals surface area (Å²) in [5, 5.41) is 0. The van der Waals surface area contributed by atoms with Crippen LogP contribution in [0.2, 0.25) is 0 Å². The van der Waals surface area contributed by atoms with E-state index >= 15 is 0 Å². The monoisotopic (exact) mass is 834 g/mol. The van der Waals surface area contributed by atoms with Gasteiger partial charge in [0.1, 0.15) is 0 Å². The van der Waals surface area contributed by atoms with Crippen LogP contribution in [0.5, 0.6) is 0 Å². The second kappa shape index (κ2) is 25.4. The van der Waals surface area contributed by atoms with Gasteiger partial charge in [-0.3, -0.25) is 9.59 Å². The van der Waals surface area contributed by atoms with Crippen molar-refractivity contribution in [1.82, 2.24) is 0 Å². The van der Waals surface area contributed by atoms with Crippen molar-refractivity contribution in [1.29, 1.82) is 0 Å². The zero-order valence-corrected chi connectivity index (χ0v) is 34.8. The van der Waals surface area contributed by atoms with E-state index in [4.69, 9.17) is 0 Å². The third kappa shape index (κ3) is 15.2. The Bertz CT molecular complexity index is 1860. The Morgan fingerprint density at radius 3 is 1.12 bits per heavy atom. The predicted octanol–water partition coefficient (Wildman–Crippen LogP) is 12.8. The molecule has 6 aromatic rings. The van der Waals surface area contributed by atoms with E-state index in [9.17, 15) is 27.2 Å². The number of nitrogens with zero attached hydrogens (tertiary/aromatic N) is 2. The third-order valence-electron chi connectivity index (χ3n) is 10.2. The maximum absolute atomic E-state index is 14.2. The van der Waals surface area contributed by atoms with Gasteiger partial charge in [-0.1, -0.05) is 74.9 Å². The molecule has 4 nitrogen and oxygen atoms in total. The van der Waals surface area contributed by atoms with Crippen molar-refractivity contribution < 1.29 is 48.9 Å². The quantitative estimate of drug-likeness (QED) is 0.0871. The van der Waals surface area contributed by atoms with E-state index in [1.807, 2.05) is 84.9 Å². The molecule has 0 aliphatic heterocycles. The van der Waals surface area contributed by atoms with Crippen LogP contribution in [0.25, 0.3) is 0 Å². The van der Waals surface area contributed by atoms with Gasteiger partial charge in [0.15, 0.2) is 0 Å². The number of hydrogen-bond acceptors (Lipinski definition) is 2. The van der Waals surface area contributed by atoms with Gasteiger partial charge in [-0.15, -0.1) is 36.4 Å². The fraction of sp³-hybridized carbons (Fsp3) is 0.280. The Labute approximate surface area is 361 Å². The number of benzene rings is 4. The summed E-state index contributed by atoms with van der Waals surface area (Å²) in [5.41, 5.74) is 1.18. The Balaban J connectivity index is 0.000000207. The zero-order valence-electron chi connectivity index (χ0n) is 33.2. The minimum absolute atomic E-state index is 0. The molecule has 2 amide bonds. The van der Waals surface area contributed by atoms with E-state index in [1.54, 1.807) is 48.5 Å². The first-order chi connectivity index (χ1) is 28.3. The summed E-state index contributed by atoms with van der Waals surface area (Å²) in [4.78, 5) is 28.7. The number of carbonyl (C=O) groups excluding carboxylic acids is 2. The summed E-state index contributed by atoms with van der Waals surface area (Å²) >= 11 is 0. The van der Waals surface area contributed by atoms with Gasteiger partial charge in [0.25, 0.3) is 0 Å². The minimum atomic E-state index is -0.824. The SMILES string of the molecule is O=C(c1ccccc1)N(CC1CCCCC1)c1ccc(F)[c-]c1F.O=C(c1ccccc1)N(CC1CCCCC1)c1ccc(F)[c-]c1F.[Ti+4].c1cc[cH-]c1.c1cc[cH-]c1. The number of rotatable bonds is 8. The van der Waals surface area contributed by atoms with E-state index in [0.717, 1.165) is 63.5 Å². The van der Waals surface area contributed by atoms with Gasteiger partial charge >= 0.3 is 21.7 Å². The smallest absolute Gasteiger partial charge is 0.359 e. The molecule has 59 heavy (non-hydrogen) atoms. The number of amides is 2. The molecule has 304 valence electrons. The third-order valence-corrected chi connectivity index (χ3v) is 10.2. The largest absolute Gasteiger partial charge is 4.00 e. The summed E-state index contributed by atoms with van der Waals surface area (Å²) in [7, 11) is 0. The number of halogens is 4. The Hall–Kier alpha value is -5.05. The van der Waals surface area contributed by atoms with Gasteiger partial charge < -0.3 is 9.80 Å². The van der Waals surface area contributed by atoms with Crippen molar-refractivity contribution >= 4 is 23.2 Å². The molecule has 0 unspecified atom stereocenters. The van der Waals surface area contributed by atoms with Gasteiger partial charge in [-0.25, -0.2) is 41.8 Å². The summed E-state index contributed by atoms with van der Waals surface area (Å²) < 4.78 is 54.9. The van der Waals surface area contributed by atoms with E-state index in [0.29, 0.717) is 36.1 Å². The maximum Gasteiger partial charge on any atom is 4.00 e. The van der Waals surface area contributed by atoms with Crippen LogP contribution in [0.3, 0.4) is 0 Å². The van der Waals surface area contributed by atoms with Gasteiger partial charge in [0.2, 0.25) is 11.8 Å². The molecular weight excluding hydrogens is 784 g/mol. The molecule has 2 aliphatic carbocycles. The fourth-order valence-corrected chi connectivity index (χ4v) is 7.24. The Kier molecular flexibility index (Phi) is 20.1. The number of carbonyl (C=O) groups is 2. The van der Waals surface area contributed by atoms with Crippen LogP contribution in [0.15, 0.2) is 146 Å². The molecule has 2 saturated carbocycles. The van der Waals surface area contributed by atoms with Crippen molar-refractivity contribution in [3.8, 4) is 0 Å². The molecule has 8 rings (SSSR count). The molecule has 9 heteroatoms. The van der Waals surface area contributed by atoms with Crippen LogP contribution in [0.1, 0.15) is 84.9 Å². The average molecular weight is 835 g/mol. The first-order valence-corrected chi connectivity index (χ1v) is 20.1. The van der Waals surface area contributed by atoms with Crippen LogP contribution in [0, 0.1) is 47.2 Å². The predicted molar refractivity (Wildman–Crippen MR) is 224 cm³/mol. The molecular formula is C50H50F4N2O2Ti. The summed E-state index contributed by atoms with van der Waals surface area (Å²) in [6, 6.07) is 46.6. The molecule has 0 atom stereocenters. The number of anilines is 2. The molecule has 0 bridgehead atoms. The van der Waals surface area contributed by atoms with Crippen molar-refractivity contribution in [2.24, 2.45) is 11.8 Å². The molecule has 0 spiro atoms. The normalized spacial score (nSPS) is 13.8.